The Morgan fingerprint density at radius 2 is 1.94 bits per heavy atom. The van der Waals surface area contributed by atoms with Crippen LogP contribution in [0, 0.1) is 12.3 Å². The monoisotopic (exact) mass is 507 g/mol. The molecule has 19 heteroatoms. The Bertz CT molecular complexity index is 991. The van der Waals surface area contributed by atoms with Gasteiger partial charge >= 0.3 is 23.5 Å². The molecule has 2 aliphatic heterocycles. The SMILES string of the molecule is C#C[C@]1(COP(=O)(O)OP(=O)(O)OP(=O)(O)O)O[C@@H](N2C=CC(N)=NC2=C)[C@H](F)[C@@H]1O. The summed E-state index contributed by atoms with van der Waals surface area (Å²) in [5, 5.41) is 10.2. The maximum Gasteiger partial charge on any atom is 0.490 e. The molecular weight excluding hydrogens is 490 g/mol. The fraction of sp³-hybridized carbons (Fsp3) is 0.417. The number of hydrogen-bond acceptors (Lipinski definition) is 11. The lowest BCUT2D eigenvalue weighted by Crippen LogP contribution is -2.44. The summed E-state index contributed by atoms with van der Waals surface area (Å²) in [4.78, 5) is 40.5. The first-order chi connectivity index (χ1) is 14.0. The van der Waals surface area contributed by atoms with Crippen LogP contribution in [0.4, 0.5) is 4.39 Å². The molecule has 2 aliphatic rings. The van der Waals surface area contributed by atoms with Crippen LogP contribution in [0.5, 0.6) is 0 Å². The van der Waals surface area contributed by atoms with Crippen molar-refractivity contribution in [1.82, 2.24) is 4.90 Å². The van der Waals surface area contributed by atoms with E-state index in [0.717, 1.165) is 4.90 Å². The maximum absolute atomic E-state index is 14.7. The first kappa shape index (κ1) is 25.8. The van der Waals surface area contributed by atoms with E-state index in [1.54, 1.807) is 0 Å². The third-order valence-electron chi connectivity index (χ3n) is 3.72. The summed E-state index contributed by atoms with van der Waals surface area (Å²) < 4.78 is 65.4. The summed E-state index contributed by atoms with van der Waals surface area (Å²) in [6.45, 7) is 2.27. The minimum atomic E-state index is -5.79. The molecule has 7 N–H and O–H groups in total. The number of halogens is 1. The fourth-order valence-corrected chi connectivity index (χ4v) is 5.50. The van der Waals surface area contributed by atoms with Gasteiger partial charge in [0.25, 0.3) is 0 Å². The van der Waals surface area contributed by atoms with Gasteiger partial charge in [-0.15, -0.1) is 6.42 Å². The van der Waals surface area contributed by atoms with E-state index >= 15 is 0 Å². The third kappa shape index (κ3) is 6.30. The number of phosphoric acid groups is 3. The van der Waals surface area contributed by atoms with Crippen molar-refractivity contribution in [2.45, 2.75) is 24.1 Å². The van der Waals surface area contributed by atoms with Crippen molar-refractivity contribution in [1.29, 1.82) is 0 Å². The zero-order chi connectivity index (χ0) is 23.8. The molecular formula is C12H17FN3O12P3. The summed E-state index contributed by atoms with van der Waals surface area (Å²) in [7, 11) is -17.0. The molecule has 0 aliphatic carbocycles. The molecule has 15 nitrogen and oxygen atoms in total. The number of nitrogens with zero attached hydrogens (tertiary/aromatic N) is 2. The Balaban J connectivity index is 2.16. The van der Waals surface area contributed by atoms with E-state index < -0.39 is 54.2 Å². The molecule has 174 valence electrons. The van der Waals surface area contributed by atoms with Crippen LogP contribution in [0.1, 0.15) is 0 Å². The van der Waals surface area contributed by atoms with Gasteiger partial charge in [-0.1, -0.05) is 12.5 Å². The van der Waals surface area contributed by atoms with Crippen LogP contribution < -0.4 is 5.73 Å². The topological polar surface area (TPSA) is 231 Å². The maximum atomic E-state index is 14.7. The van der Waals surface area contributed by atoms with Crippen molar-refractivity contribution in [3.05, 3.63) is 24.7 Å². The zero-order valence-electron chi connectivity index (χ0n) is 15.2. The van der Waals surface area contributed by atoms with Crippen LogP contribution in [0.2, 0.25) is 0 Å². The highest BCUT2D eigenvalue weighted by molar-refractivity contribution is 7.66. The van der Waals surface area contributed by atoms with Crippen LogP contribution >= 0.6 is 23.5 Å². The highest BCUT2D eigenvalue weighted by Crippen LogP contribution is 2.66. The molecule has 2 unspecified atom stereocenters. The van der Waals surface area contributed by atoms with Crippen LogP contribution in [0.15, 0.2) is 29.7 Å². The number of hydrogen-bond donors (Lipinski definition) is 6. The second-order valence-electron chi connectivity index (χ2n) is 5.97. The average Bonchev–Trinajstić information content (AvgIpc) is 2.82. The van der Waals surface area contributed by atoms with Crippen LogP contribution in [0.25, 0.3) is 0 Å². The van der Waals surface area contributed by atoms with E-state index in [0.29, 0.717) is 0 Å². The number of aliphatic hydroxyl groups is 1. The minimum absolute atomic E-state index is 0.0473. The average molecular weight is 507 g/mol. The summed E-state index contributed by atoms with van der Waals surface area (Å²) >= 11 is 0. The predicted octanol–water partition coefficient (Wildman–Crippen LogP) is -0.585. The number of phosphoric ester groups is 1. The number of rotatable bonds is 8. The molecule has 0 amide bonds. The first-order valence-electron chi connectivity index (χ1n) is 7.76. The quantitative estimate of drug-likeness (QED) is 0.178. The highest BCUT2D eigenvalue weighted by Gasteiger charge is 2.58. The lowest BCUT2D eigenvalue weighted by Gasteiger charge is -2.31. The number of aliphatic hydroxyl groups excluding tert-OH is 1. The minimum Gasteiger partial charge on any atom is -0.386 e. The van der Waals surface area contributed by atoms with Crippen molar-refractivity contribution >= 4 is 29.3 Å². The smallest absolute Gasteiger partial charge is 0.386 e. The standard InChI is InChI=1S/C12H17FN3O12P3/c1-3-12(6-25-30(21,22)28-31(23,24)27-29(18,19)20)10(17)9(13)11(26-12)16-5-4-8(14)15-7(16)2/h1,4-5,9-11,17H,2,6H2,(H2,14,15)(H,21,22)(H,23,24)(H2,18,19,20)/t9-,10+,11-,12-/m1/s1. The van der Waals surface area contributed by atoms with Gasteiger partial charge in [0.05, 0.1) is 0 Å². The molecule has 0 aromatic rings. The van der Waals surface area contributed by atoms with E-state index in [-0.39, 0.29) is 11.7 Å². The van der Waals surface area contributed by atoms with Crippen molar-refractivity contribution in [3.8, 4) is 12.3 Å². The Morgan fingerprint density at radius 3 is 2.45 bits per heavy atom. The van der Waals surface area contributed by atoms with Gasteiger partial charge in [-0.05, 0) is 6.08 Å². The van der Waals surface area contributed by atoms with Crippen LogP contribution in [-0.2, 0) is 31.6 Å². The van der Waals surface area contributed by atoms with Crippen LogP contribution in [0.3, 0.4) is 0 Å². The summed E-state index contributed by atoms with van der Waals surface area (Å²) in [6.07, 6.45) is 1.77. The largest absolute Gasteiger partial charge is 0.490 e. The van der Waals surface area contributed by atoms with Gasteiger partial charge in [-0.2, -0.15) is 8.62 Å². The molecule has 2 rings (SSSR count). The van der Waals surface area contributed by atoms with E-state index in [4.69, 9.17) is 31.6 Å². The molecule has 31 heavy (non-hydrogen) atoms. The summed E-state index contributed by atoms with van der Waals surface area (Å²) in [5.41, 5.74) is 3.07. The number of amidine groups is 1. The molecule has 0 aromatic heterocycles. The molecule has 0 bridgehead atoms. The van der Waals surface area contributed by atoms with Gasteiger partial charge in [0.1, 0.15) is 24.4 Å². The fourth-order valence-electron chi connectivity index (χ4n) is 2.45. The number of ether oxygens (including phenoxy) is 1. The highest BCUT2D eigenvalue weighted by atomic mass is 31.3. The van der Waals surface area contributed by atoms with Gasteiger partial charge in [0, 0.05) is 6.20 Å². The lowest BCUT2D eigenvalue weighted by molar-refractivity contribution is -0.0984. The lowest BCUT2D eigenvalue weighted by atomic mass is 9.98. The number of terminal acetylenes is 1. The van der Waals surface area contributed by atoms with Crippen molar-refractivity contribution in [3.63, 3.8) is 0 Å². The van der Waals surface area contributed by atoms with E-state index in [2.05, 4.69) is 24.7 Å². The van der Waals surface area contributed by atoms with Crippen LogP contribution in [-0.4, -0.2) is 66.1 Å². The molecule has 0 aromatic carbocycles. The molecule has 1 saturated heterocycles. The van der Waals surface area contributed by atoms with Crippen molar-refractivity contribution in [2.24, 2.45) is 10.7 Å². The Labute approximate surface area is 174 Å². The van der Waals surface area contributed by atoms with Crippen molar-refractivity contribution in [2.75, 3.05) is 6.61 Å². The number of aliphatic imine (C=N–C) groups is 1. The Hall–Kier alpha value is -1.43. The first-order valence-corrected chi connectivity index (χ1v) is 12.3. The molecule has 2 heterocycles. The molecule has 6 atom stereocenters. The predicted molar refractivity (Wildman–Crippen MR) is 98.9 cm³/mol. The Morgan fingerprint density at radius 1 is 1.32 bits per heavy atom. The second-order valence-corrected chi connectivity index (χ2v) is 10.4. The third-order valence-corrected chi connectivity index (χ3v) is 7.50. The normalized spacial score (nSPS) is 32.8. The van der Waals surface area contributed by atoms with Gasteiger partial charge < -0.3 is 40.1 Å². The molecule has 0 spiro atoms. The van der Waals surface area contributed by atoms with Gasteiger partial charge in [-0.3, -0.25) is 4.52 Å². The van der Waals surface area contributed by atoms with E-state index in [9.17, 15) is 28.1 Å². The molecule has 0 radical (unpaired) electrons. The van der Waals surface area contributed by atoms with E-state index in [1.807, 2.05) is 5.92 Å². The summed E-state index contributed by atoms with van der Waals surface area (Å²) in [5.74, 6) is 1.84. The number of nitrogens with two attached hydrogens (primary N) is 1. The second kappa shape index (κ2) is 8.84. The summed E-state index contributed by atoms with van der Waals surface area (Å²) in [6, 6.07) is 0. The van der Waals surface area contributed by atoms with Gasteiger partial charge in [0.2, 0.25) is 0 Å². The Kier molecular flexibility index (Phi) is 7.36. The van der Waals surface area contributed by atoms with Gasteiger partial charge in [-0.25, -0.2) is 23.1 Å². The van der Waals surface area contributed by atoms with E-state index in [1.165, 1.54) is 12.3 Å². The van der Waals surface area contributed by atoms with Gasteiger partial charge in [0.15, 0.2) is 18.0 Å². The number of alkyl halides is 1. The molecule has 0 saturated carbocycles. The van der Waals surface area contributed by atoms with Crippen molar-refractivity contribution < 1.29 is 60.6 Å². The molecule has 1 fully saturated rings. The zero-order valence-corrected chi connectivity index (χ0v) is 17.8.